The van der Waals surface area contributed by atoms with Crippen LogP contribution in [-0.4, -0.2) is 25.2 Å². The molecule has 0 fully saturated rings. The Morgan fingerprint density at radius 1 is 1.17 bits per heavy atom. The molecular weight excluding hydrogens is 226 g/mol. The minimum Gasteiger partial charge on any atom is -0.272 e. The Labute approximate surface area is 108 Å². The zero-order valence-corrected chi connectivity index (χ0v) is 11.7. The monoisotopic (exact) mass is 247 g/mol. The molecule has 2 rings (SSSR count). The molecular formula is C13H21N5. The second kappa shape index (κ2) is 4.23. The van der Waals surface area contributed by atoms with E-state index in [9.17, 15) is 0 Å². The fraction of sp³-hybridized carbons (Fsp3) is 0.615. The maximum atomic E-state index is 4.44. The summed E-state index contributed by atoms with van der Waals surface area (Å²) in [6.07, 6.45) is 5.83. The molecule has 5 heteroatoms. The molecule has 18 heavy (non-hydrogen) atoms. The van der Waals surface area contributed by atoms with Crippen molar-refractivity contribution in [1.29, 1.82) is 0 Å². The predicted molar refractivity (Wildman–Crippen MR) is 70.3 cm³/mol. The standard InChI is InChI=1S/C13H21N5/c1-12(2,3)10-6-15-18(8-10)9-13(4,5)11-7-14-17-16-11/h6-8H,9H2,1-5H3,(H,14,16,17). The fourth-order valence-corrected chi connectivity index (χ4v) is 1.85. The Kier molecular flexibility index (Phi) is 3.00. The smallest absolute Gasteiger partial charge is 0.0899 e. The molecule has 0 unspecified atom stereocenters. The average Bonchev–Trinajstić information content (AvgIpc) is 2.83. The number of nitrogens with one attached hydrogen (secondary N) is 1. The van der Waals surface area contributed by atoms with E-state index in [-0.39, 0.29) is 10.8 Å². The number of hydrogen-bond donors (Lipinski definition) is 1. The number of aromatic nitrogens is 5. The van der Waals surface area contributed by atoms with Crippen molar-refractivity contribution in [3.63, 3.8) is 0 Å². The largest absolute Gasteiger partial charge is 0.272 e. The lowest BCUT2D eigenvalue weighted by atomic mass is 9.89. The van der Waals surface area contributed by atoms with E-state index in [0.29, 0.717) is 0 Å². The van der Waals surface area contributed by atoms with E-state index in [2.05, 4.69) is 61.3 Å². The highest BCUT2D eigenvalue weighted by Crippen LogP contribution is 2.25. The third-order valence-electron chi connectivity index (χ3n) is 3.16. The minimum atomic E-state index is -0.0891. The van der Waals surface area contributed by atoms with Crippen molar-refractivity contribution >= 4 is 0 Å². The topological polar surface area (TPSA) is 59.4 Å². The van der Waals surface area contributed by atoms with Gasteiger partial charge in [-0.1, -0.05) is 34.6 Å². The van der Waals surface area contributed by atoms with E-state index in [4.69, 9.17) is 0 Å². The van der Waals surface area contributed by atoms with Crippen molar-refractivity contribution < 1.29 is 0 Å². The van der Waals surface area contributed by atoms with Crippen LogP contribution in [0.5, 0.6) is 0 Å². The van der Waals surface area contributed by atoms with Crippen molar-refractivity contribution in [3.05, 3.63) is 29.8 Å². The molecule has 2 aromatic rings. The van der Waals surface area contributed by atoms with E-state index in [1.807, 2.05) is 10.9 Å². The molecule has 0 aromatic carbocycles. The summed E-state index contributed by atoms with van der Waals surface area (Å²) >= 11 is 0. The van der Waals surface area contributed by atoms with Crippen LogP contribution in [-0.2, 0) is 17.4 Å². The Morgan fingerprint density at radius 3 is 2.39 bits per heavy atom. The lowest BCUT2D eigenvalue weighted by Gasteiger charge is -2.21. The van der Waals surface area contributed by atoms with Gasteiger partial charge in [-0.15, -0.1) is 0 Å². The lowest BCUT2D eigenvalue weighted by molar-refractivity contribution is 0.397. The minimum absolute atomic E-state index is 0.0891. The van der Waals surface area contributed by atoms with E-state index in [1.54, 1.807) is 6.20 Å². The highest BCUT2D eigenvalue weighted by atomic mass is 15.3. The van der Waals surface area contributed by atoms with Gasteiger partial charge in [0.15, 0.2) is 0 Å². The Bertz CT molecular complexity index is 502. The molecule has 0 bridgehead atoms. The van der Waals surface area contributed by atoms with Crippen LogP contribution in [0.3, 0.4) is 0 Å². The van der Waals surface area contributed by atoms with Crippen LogP contribution in [0.25, 0.3) is 0 Å². The maximum Gasteiger partial charge on any atom is 0.0899 e. The molecule has 2 aromatic heterocycles. The molecule has 0 aliphatic carbocycles. The van der Waals surface area contributed by atoms with Crippen molar-refractivity contribution in [2.24, 2.45) is 0 Å². The highest BCUT2D eigenvalue weighted by Gasteiger charge is 2.25. The van der Waals surface area contributed by atoms with Crippen LogP contribution in [0.15, 0.2) is 18.6 Å². The number of hydrogen-bond acceptors (Lipinski definition) is 3. The summed E-state index contributed by atoms with van der Waals surface area (Å²) in [6.45, 7) is 11.6. The number of aromatic amines is 1. The predicted octanol–water partition coefficient (Wildman–Crippen LogP) is 2.28. The summed E-state index contributed by atoms with van der Waals surface area (Å²) in [7, 11) is 0. The van der Waals surface area contributed by atoms with Gasteiger partial charge in [0.2, 0.25) is 0 Å². The average molecular weight is 247 g/mol. The molecule has 1 N–H and O–H groups in total. The first-order chi connectivity index (χ1) is 8.29. The second-order valence-corrected chi connectivity index (χ2v) is 6.42. The van der Waals surface area contributed by atoms with Crippen LogP contribution in [0.4, 0.5) is 0 Å². The van der Waals surface area contributed by atoms with Gasteiger partial charge in [0.1, 0.15) is 0 Å². The Morgan fingerprint density at radius 2 is 1.89 bits per heavy atom. The first-order valence-corrected chi connectivity index (χ1v) is 6.18. The Balaban J connectivity index is 2.17. The van der Waals surface area contributed by atoms with Gasteiger partial charge in [0.05, 0.1) is 24.6 Å². The zero-order valence-electron chi connectivity index (χ0n) is 11.7. The van der Waals surface area contributed by atoms with E-state index in [0.717, 1.165) is 12.2 Å². The van der Waals surface area contributed by atoms with E-state index in [1.165, 1.54) is 5.56 Å². The summed E-state index contributed by atoms with van der Waals surface area (Å²) in [5.74, 6) is 0. The molecule has 0 saturated carbocycles. The second-order valence-electron chi connectivity index (χ2n) is 6.42. The Hall–Kier alpha value is -1.65. The highest BCUT2D eigenvalue weighted by molar-refractivity contribution is 5.16. The van der Waals surface area contributed by atoms with E-state index < -0.39 is 0 Å². The van der Waals surface area contributed by atoms with Gasteiger partial charge in [0.25, 0.3) is 0 Å². The van der Waals surface area contributed by atoms with Gasteiger partial charge in [-0.25, -0.2) is 0 Å². The maximum absolute atomic E-state index is 4.44. The SMILES string of the molecule is CC(C)(C)c1cnn(CC(C)(C)c2cn[nH]n2)c1. The lowest BCUT2D eigenvalue weighted by Crippen LogP contribution is -2.25. The molecule has 2 heterocycles. The summed E-state index contributed by atoms with van der Waals surface area (Å²) in [6, 6.07) is 0. The summed E-state index contributed by atoms with van der Waals surface area (Å²) in [5, 5.41) is 15.1. The molecule has 0 atom stereocenters. The third kappa shape index (κ3) is 2.60. The third-order valence-corrected chi connectivity index (χ3v) is 3.16. The first-order valence-electron chi connectivity index (χ1n) is 6.18. The van der Waals surface area contributed by atoms with Gasteiger partial charge in [-0.2, -0.15) is 20.5 Å². The van der Waals surface area contributed by atoms with Crippen molar-refractivity contribution in [2.45, 2.75) is 52.0 Å². The molecule has 0 aliphatic heterocycles. The zero-order chi connectivity index (χ0) is 13.4. The number of rotatable bonds is 3. The van der Waals surface area contributed by atoms with Gasteiger partial charge in [-0.3, -0.25) is 4.68 Å². The van der Waals surface area contributed by atoms with Gasteiger partial charge >= 0.3 is 0 Å². The van der Waals surface area contributed by atoms with Crippen LogP contribution < -0.4 is 0 Å². The molecule has 0 spiro atoms. The summed E-state index contributed by atoms with van der Waals surface area (Å²) in [5.41, 5.74) is 2.25. The number of H-pyrrole nitrogens is 1. The van der Waals surface area contributed by atoms with Crippen LogP contribution in [0.2, 0.25) is 0 Å². The quantitative estimate of drug-likeness (QED) is 0.905. The van der Waals surface area contributed by atoms with E-state index >= 15 is 0 Å². The van der Waals surface area contributed by atoms with Crippen LogP contribution >= 0.6 is 0 Å². The molecule has 0 aliphatic rings. The van der Waals surface area contributed by atoms with Crippen LogP contribution in [0.1, 0.15) is 45.9 Å². The summed E-state index contributed by atoms with van der Waals surface area (Å²) < 4.78 is 1.98. The van der Waals surface area contributed by atoms with Crippen molar-refractivity contribution in [3.8, 4) is 0 Å². The molecule has 0 amide bonds. The molecule has 0 saturated heterocycles. The molecule has 0 radical (unpaired) electrons. The first kappa shape index (κ1) is 12.8. The van der Waals surface area contributed by atoms with Gasteiger partial charge < -0.3 is 0 Å². The number of nitrogens with zero attached hydrogens (tertiary/aromatic N) is 4. The fourth-order valence-electron chi connectivity index (χ4n) is 1.85. The van der Waals surface area contributed by atoms with Crippen molar-refractivity contribution in [2.75, 3.05) is 0 Å². The van der Waals surface area contributed by atoms with Crippen LogP contribution in [0, 0.1) is 0 Å². The van der Waals surface area contributed by atoms with Crippen molar-refractivity contribution in [1.82, 2.24) is 25.2 Å². The molecule has 5 nitrogen and oxygen atoms in total. The summed E-state index contributed by atoms with van der Waals surface area (Å²) in [4.78, 5) is 0. The van der Waals surface area contributed by atoms with Gasteiger partial charge in [-0.05, 0) is 11.0 Å². The molecule has 98 valence electrons. The normalized spacial score (nSPS) is 12.9. The van der Waals surface area contributed by atoms with Gasteiger partial charge in [0, 0.05) is 11.6 Å².